The molecule has 5 heteroatoms. The molecule has 0 radical (unpaired) electrons. The molecule has 0 aliphatic rings. The quantitative estimate of drug-likeness (QED) is 0.471. The van der Waals surface area contributed by atoms with Crippen molar-refractivity contribution in [3.05, 3.63) is 60.3 Å². The van der Waals surface area contributed by atoms with Gasteiger partial charge in [-0.1, -0.05) is 35.5 Å². The lowest BCUT2D eigenvalue weighted by atomic mass is 10.0. The molecule has 5 nitrogen and oxygen atoms in total. The van der Waals surface area contributed by atoms with Gasteiger partial charge in [0.2, 0.25) is 0 Å². The van der Waals surface area contributed by atoms with E-state index in [-0.39, 0.29) is 6.04 Å². The molecular weight excluding hydrogens is 348 g/mol. The van der Waals surface area contributed by atoms with E-state index in [1.165, 1.54) is 16.7 Å². The Kier molecular flexibility index (Phi) is 5.01. The number of rotatable bonds is 6. The summed E-state index contributed by atoms with van der Waals surface area (Å²) in [5.74, 6) is 0. The molecule has 0 saturated carbocycles. The molecule has 0 saturated heterocycles. The molecule has 2 aromatic carbocycles. The van der Waals surface area contributed by atoms with Gasteiger partial charge in [-0.05, 0) is 50.1 Å². The molecule has 4 aromatic rings. The molecule has 0 fully saturated rings. The lowest BCUT2D eigenvalue weighted by Crippen LogP contribution is -2.04. The molecule has 0 unspecified atom stereocenters. The highest BCUT2D eigenvalue weighted by Gasteiger charge is 2.14. The predicted molar refractivity (Wildman–Crippen MR) is 113 cm³/mol. The van der Waals surface area contributed by atoms with Crippen molar-refractivity contribution in [3.63, 3.8) is 0 Å². The van der Waals surface area contributed by atoms with E-state index in [0.717, 1.165) is 28.8 Å². The van der Waals surface area contributed by atoms with Crippen LogP contribution in [0.1, 0.15) is 25.5 Å². The van der Waals surface area contributed by atoms with Gasteiger partial charge >= 0.3 is 0 Å². The summed E-state index contributed by atoms with van der Waals surface area (Å²) in [6.07, 6.45) is 2.21. The zero-order valence-electron chi connectivity index (χ0n) is 16.9. The van der Waals surface area contributed by atoms with E-state index in [9.17, 15) is 0 Å². The average molecular weight is 374 g/mol. The zero-order valence-corrected chi connectivity index (χ0v) is 16.9. The number of aryl methyl sites for hydroxylation is 1. The van der Waals surface area contributed by atoms with Crippen LogP contribution in [0.25, 0.3) is 33.4 Å². The molecule has 0 amide bonds. The van der Waals surface area contributed by atoms with Crippen LogP contribution in [-0.4, -0.2) is 33.3 Å². The Balaban J connectivity index is 1.81. The highest BCUT2D eigenvalue weighted by molar-refractivity contribution is 5.82. The van der Waals surface area contributed by atoms with Crippen LogP contribution in [0.4, 0.5) is 0 Å². The Bertz CT molecular complexity index is 1110. The van der Waals surface area contributed by atoms with Gasteiger partial charge in [0.1, 0.15) is 5.52 Å². The second-order valence-electron chi connectivity index (χ2n) is 7.45. The molecular formula is C23H26N4O. The minimum atomic E-state index is 0.286. The number of hydrogen-bond acceptors (Lipinski definition) is 3. The molecule has 0 aliphatic carbocycles. The number of aromatic nitrogens is 4. The lowest BCUT2D eigenvalue weighted by Gasteiger charge is -2.09. The van der Waals surface area contributed by atoms with E-state index in [4.69, 9.17) is 4.74 Å². The smallest absolute Gasteiger partial charge is 0.113 e. The number of ether oxygens (including phenoxy) is 1. The maximum absolute atomic E-state index is 5.33. The lowest BCUT2D eigenvalue weighted by molar-refractivity contribution is 0.188. The predicted octanol–water partition coefficient (Wildman–Crippen LogP) is 5.10. The number of nitrogens with zero attached hydrogens (tertiary/aromatic N) is 4. The first-order valence-electron chi connectivity index (χ1n) is 9.69. The Morgan fingerprint density at radius 2 is 1.86 bits per heavy atom. The third kappa shape index (κ3) is 3.34. The minimum absolute atomic E-state index is 0.286. The van der Waals surface area contributed by atoms with E-state index in [1.54, 1.807) is 7.11 Å². The van der Waals surface area contributed by atoms with Crippen LogP contribution in [0.5, 0.6) is 0 Å². The molecule has 144 valence electrons. The standard InChI is InChI=1S/C23H26N4O/c1-16(2)27-22-10-9-18(13-21(22)24-25-27)23-14-19(15-26(23)11-12-28-4)20-8-6-5-7-17(20)3/h5-10,13-16H,11-12H2,1-4H3. The fourth-order valence-corrected chi connectivity index (χ4v) is 3.66. The molecule has 0 spiro atoms. The number of benzene rings is 2. The molecule has 2 heterocycles. The van der Waals surface area contributed by atoms with Gasteiger partial charge in [0.05, 0.1) is 12.1 Å². The Labute approximate surface area is 165 Å². The van der Waals surface area contributed by atoms with Crippen LogP contribution < -0.4 is 0 Å². The summed E-state index contributed by atoms with van der Waals surface area (Å²) in [5.41, 5.74) is 8.03. The molecule has 4 rings (SSSR count). The summed E-state index contributed by atoms with van der Waals surface area (Å²) in [6, 6.07) is 17.4. The van der Waals surface area contributed by atoms with Gasteiger partial charge in [-0.15, -0.1) is 5.10 Å². The summed E-state index contributed by atoms with van der Waals surface area (Å²) in [5, 5.41) is 8.68. The van der Waals surface area contributed by atoms with Gasteiger partial charge in [0.15, 0.2) is 0 Å². The first-order chi connectivity index (χ1) is 13.6. The SMILES string of the molecule is COCCn1cc(-c2ccccc2C)cc1-c1ccc2c(c1)nnn2C(C)C. The van der Waals surface area contributed by atoms with E-state index < -0.39 is 0 Å². The second kappa shape index (κ2) is 7.60. The number of fused-ring (bicyclic) bond motifs is 1. The number of hydrogen-bond donors (Lipinski definition) is 0. The van der Waals surface area contributed by atoms with Crippen molar-refractivity contribution in [1.29, 1.82) is 0 Å². The van der Waals surface area contributed by atoms with E-state index in [0.29, 0.717) is 6.61 Å². The van der Waals surface area contributed by atoms with Crippen molar-refractivity contribution in [3.8, 4) is 22.4 Å². The summed E-state index contributed by atoms with van der Waals surface area (Å²) >= 11 is 0. The fourth-order valence-electron chi connectivity index (χ4n) is 3.66. The fraction of sp³-hybridized carbons (Fsp3) is 0.304. The highest BCUT2D eigenvalue weighted by atomic mass is 16.5. The van der Waals surface area contributed by atoms with Crippen LogP contribution in [0.3, 0.4) is 0 Å². The molecule has 28 heavy (non-hydrogen) atoms. The van der Waals surface area contributed by atoms with Gasteiger partial charge < -0.3 is 9.30 Å². The molecule has 0 aliphatic heterocycles. The van der Waals surface area contributed by atoms with E-state index >= 15 is 0 Å². The summed E-state index contributed by atoms with van der Waals surface area (Å²) < 4.78 is 9.55. The van der Waals surface area contributed by atoms with Gasteiger partial charge in [-0.3, -0.25) is 0 Å². The average Bonchev–Trinajstić information content (AvgIpc) is 3.30. The minimum Gasteiger partial charge on any atom is -0.383 e. The summed E-state index contributed by atoms with van der Waals surface area (Å²) in [7, 11) is 1.74. The van der Waals surface area contributed by atoms with E-state index in [2.05, 4.69) is 90.4 Å². The van der Waals surface area contributed by atoms with Crippen molar-refractivity contribution < 1.29 is 4.74 Å². The Morgan fingerprint density at radius 3 is 2.61 bits per heavy atom. The monoisotopic (exact) mass is 374 g/mol. The summed E-state index contributed by atoms with van der Waals surface area (Å²) in [6.45, 7) is 7.85. The zero-order chi connectivity index (χ0) is 19.7. The molecule has 0 bridgehead atoms. The van der Waals surface area contributed by atoms with Crippen LogP contribution in [0, 0.1) is 6.92 Å². The molecule has 2 aromatic heterocycles. The van der Waals surface area contributed by atoms with Gasteiger partial charge in [-0.25, -0.2) is 4.68 Å². The topological polar surface area (TPSA) is 44.9 Å². The maximum Gasteiger partial charge on any atom is 0.113 e. The Morgan fingerprint density at radius 1 is 1.04 bits per heavy atom. The van der Waals surface area contributed by atoms with Crippen molar-refractivity contribution in [2.75, 3.05) is 13.7 Å². The Hall–Kier alpha value is -2.92. The first kappa shape index (κ1) is 18.4. The van der Waals surface area contributed by atoms with Gasteiger partial charge in [0.25, 0.3) is 0 Å². The third-order valence-corrected chi connectivity index (χ3v) is 5.14. The second-order valence-corrected chi connectivity index (χ2v) is 7.45. The molecule has 0 atom stereocenters. The van der Waals surface area contributed by atoms with Gasteiger partial charge in [-0.2, -0.15) is 0 Å². The van der Waals surface area contributed by atoms with E-state index in [1.807, 2.05) is 4.68 Å². The maximum atomic E-state index is 5.33. The van der Waals surface area contributed by atoms with Crippen LogP contribution >= 0.6 is 0 Å². The van der Waals surface area contributed by atoms with Crippen molar-refractivity contribution >= 4 is 11.0 Å². The van der Waals surface area contributed by atoms with Crippen LogP contribution in [-0.2, 0) is 11.3 Å². The van der Waals surface area contributed by atoms with Crippen molar-refractivity contribution in [2.24, 2.45) is 0 Å². The largest absolute Gasteiger partial charge is 0.383 e. The van der Waals surface area contributed by atoms with Crippen LogP contribution in [0.2, 0.25) is 0 Å². The highest BCUT2D eigenvalue weighted by Crippen LogP contribution is 2.32. The number of methoxy groups -OCH3 is 1. The summed E-state index contributed by atoms with van der Waals surface area (Å²) in [4.78, 5) is 0. The third-order valence-electron chi connectivity index (χ3n) is 5.14. The van der Waals surface area contributed by atoms with Crippen molar-refractivity contribution in [1.82, 2.24) is 19.6 Å². The van der Waals surface area contributed by atoms with Gasteiger partial charge in [0, 0.05) is 42.7 Å². The first-order valence-corrected chi connectivity index (χ1v) is 9.69. The van der Waals surface area contributed by atoms with Crippen molar-refractivity contribution in [2.45, 2.75) is 33.4 Å². The normalized spacial score (nSPS) is 11.6. The van der Waals surface area contributed by atoms with Crippen LogP contribution in [0.15, 0.2) is 54.7 Å². The molecule has 0 N–H and O–H groups in total.